The average Bonchev–Trinajstić information content (AvgIpc) is 3.69. The number of aromatic nitrogens is 6. The van der Waals surface area contributed by atoms with Gasteiger partial charge in [-0.1, -0.05) is 6.58 Å². The first kappa shape index (κ1) is 30.5. The number of piperidine rings is 1. The van der Waals surface area contributed by atoms with Crippen LogP contribution in [-0.4, -0.2) is 75.3 Å². The molecule has 0 amide bonds. The molecular formula is C36H39FN10. The molecule has 0 spiro atoms. The van der Waals surface area contributed by atoms with Crippen LogP contribution in [0.25, 0.3) is 55.7 Å². The summed E-state index contributed by atoms with van der Waals surface area (Å²) in [4.78, 5) is 19.3. The van der Waals surface area contributed by atoms with Gasteiger partial charge in [0.15, 0.2) is 0 Å². The summed E-state index contributed by atoms with van der Waals surface area (Å²) < 4.78 is 14.8. The molecule has 1 saturated heterocycles. The highest BCUT2D eigenvalue weighted by Crippen LogP contribution is 2.35. The third-order valence-electron chi connectivity index (χ3n) is 8.68. The number of hydrogen-bond acceptors (Lipinski definition) is 8. The van der Waals surface area contributed by atoms with E-state index in [0.717, 1.165) is 93.2 Å². The Hall–Kier alpha value is -5.13. The van der Waals surface area contributed by atoms with Gasteiger partial charge in [-0.25, -0.2) is 9.37 Å². The van der Waals surface area contributed by atoms with E-state index < -0.39 is 0 Å². The fourth-order valence-electron chi connectivity index (χ4n) is 6.29. The van der Waals surface area contributed by atoms with E-state index in [1.807, 2.05) is 50.8 Å². The summed E-state index contributed by atoms with van der Waals surface area (Å²) in [7, 11) is 4.02. The number of hydrogen-bond donors (Lipinski definition) is 5. The van der Waals surface area contributed by atoms with Gasteiger partial charge in [0.1, 0.15) is 17.2 Å². The quantitative estimate of drug-likeness (QED) is 0.108. The Kier molecular flexibility index (Phi) is 8.64. The van der Waals surface area contributed by atoms with Crippen LogP contribution in [0.2, 0.25) is 0 Å². The Morgan fingerprint density at radius 3 is 2.68 bits per heavy atom. The molecule has 5 aromatic heterocycles. The van der Waals surface area contributed by atoms with Crippen molar-refractivity contribution in [3.05, 3.63) is 85.3 Å². The van der Waals surface area contributed by atoms with E-state index in [4.69, 9.17) is 4.98 Å². The number of rotatable bonds is 11. The van der Waals surface area contributed by atoms with Crippen LogP contribution in [0, 0.1) is 11.7 Å². The molecule has 1 aliphatic rings. The van der Waals surface area contributed by atoms with Gasteiger partial charge in [-0.3, -0.25) is 15.1 Å². The maximum Gasteiger partial charge on any atom is 0.138 e. The second-order valence-electron chi connectivity index (χ2n) is 12.5. The van der Waals surface area contributed by atoms with E-state index in [-0.39, 0.29) is 5.82 Å². The zero-order chi connectivity index (χ0) is 32.3. The van der Waals surface area contributed by atoms with Gasteiger partial charge < -0.3 is 25.8 Å². The van der Waals surface area contributed by atoms with Crippen LogP contribution in [0.15, 0.2) is 79.5 Å². The topological polar surface area (TPSA) is 122 Å². The molecule has 0 aliphatic carbocycles. The number of nitrogens with one attached hydrogen (secondary N) is 5. The Labute approximate surface area is 272 Å². The molecule has 7 rings (SSSR count). The van der Waals surface area contributed by atoms with E-state index >= 15 is 0 Å². The van der Waals surface area contributed by atoms with E-state index in [9.17, 15) is 4.39 Å². The summed E-state index contributed by atoms with van der Waals surface area (Å²) in [6.45, 7) is 7.97. The van der Waals surface area contributed by atoms with Crippen molar-refractivity contribution in [1.82, 2.24) is 40.3 Å². The minimum Gasteiger partial charge on any atom is -0.384 e. The fraction of sp³-hybridized carbons (Fsp3) is 0.278. The monoisotopic (exact) mass is 630 g/mol. The number of pyridine rings is 3. The lowest BCUT2D eigenvalue weighted by Crippen LogP contribution is -2.28. The van der Waals surface area contributed by atoms with Crippen molar-refractivity contribution in [2.75, 3.05) is 50.9 Å². The third kappa shape index (κ3) is 6.86. The standard InChI is InChI=1S/C36H39FN10/c1-22(12-23-4-7-38-8-5-23)43-28-15-25(19-39-20-28)32-18-31-34(21-42-32)45-46-35(31)33-17-30-29(6-9-41-36(30)44-33)24-13-26(37)16-27(14-24)40-10-11-47(2)3/h6,9,13-21,23,38,40,43H,1,4-5,7-8,10-12H2,2-3H3,(H,41,44)(H,45,46). The number of nitrogens with zero attached hydrogens (tertiary/aromatic N) is 5. The van der Waals surface area contributed by atoms with Gasteiger partial charge in [0.2, 0.25) is 0 Å². The van der Waals surface area contributed by atoms with Gasteiger partial charge in [-0.15, -0.1) is 0 Å². The Bertz CT molecular complexity index is 2040. The molecule has 1 aromatic carbocycles. The number of allylic oxidation sites excluding steroid dienone is 1. The van der Waals surface area contributed by atoms with Gasteiger partial charge >= 0.3 is 0 Å². The maximum absolute atomic E-state index is 14.8. The highest BCUT2D eigenvalue weighted by molar-refractivity contribution is 6.00. The Morgan fingerprint density at radius 1 is 0.979 bits per heavy atom. The molecule has 240 valence electrons. The highest BCUT2D eigenvalue weighted by atomic mass is 19.1. The van der Waals surface area contributed by atoms with Crippen molar-refractivity contribution in [2.24, 2.45) is 5.92 Å². The molecular weight excluding hydrogens is 591 g/mol. The smallest absolute Gasteiger partial charge is 0.138 e. The lowest BCUT2D eigenvalue weighted by atomic mass is 9.93. The molecule has 6 aromatic rings. The molecule has 47 heavy (non-hydrogen) atoms. The van der Waals surface area contributed by atoms with Crippen molar-refractivity contribution >= 4 is 33.3 Å². The summed E-state index contributed by atoms with van der Waals surface area (Å²) >= 11 is 0. The van der Waals surface area contributed by atoms with Gasteiger partial charge in [0.25, 0.3) is 0 Å². The number of fused-ring (bicyclic) bond motifs is 2. The number of aromatic amines is 2. The summed E-state index contributed by atoms with van der Waals surface area (Å²) in [5, 5.41) is 19.8. The summed E-state index contributed by atoms with van der Waals surface area (Å²) in [5.41, 5.74) is 9.00. The summed E-state index contributed by atoms with van der Waals surface area (Å²) in [6, 6.07) is 13.1. The van der Waals surface area contributed by atoms with Gasteiger partial charge in [-0.05, 0) is 106 Å². The van der Waals surface area contributed by atoms with Crippen LogP contribution >= 0.6 is 0 Å². The van der Waals surface area contributed by atoms with E-state index in [1.54, 1.807) is 18.5 Å². The van der Waals surface area contributed by atoms with E-state index in [1.165, 1.54) is 18.9 Å². The lowest BCUT2D eigenvalue weighted by Gasteiger charge is -2.23. The van der Waals surface area contributed by atoms with Crippen LogP contribution in [0.3, 0.4) is 0 Å². The van der Waals surface area contributed by atoms with Crippen LogP contribution in [0.5, 0.6) is 0 Å². The SMILES string of the molecule is C=C(CC1CCNCC1)Nc1cncc(-c2cc3c(-c4cc5c(-c6cc(F)cc(NCCN(C)C)c6)ccnc5[nH]4)n[nH]c3cn2)c1. The van der Waals surface area contributed by atoms with Crippen LogP contribution in [-0.2, 0) is 0 Å². The fourth-order valence-corrected chi connectivity index (χ4v) is 6.29. The average molecular weight is 631 g/mol. The van der Waals surface area contributed by atoms with Crippen molar-refractivity contribution < 1.29 is 4.39 Å². The molecule has 10 nitrogen and oxygen atoms in total. The lowest BCUT2D eigenvalue weighted by molar-refractivity contribution is 0.373. The molecule has 1 fully saturated rings. The van der Waals surface area contributed by atoms with Crippen LogP contribution < -0.4 is 16.0 Å². The molecule has 0 radical (unpaired) electrons. The summed E-state index contributed by atoms with van der Waals surface area (Å²) in [6.07, 6.45) is 10.5. The van der Waals surface area contributed by atoms with E-state index in [0.29, 0.717) is 18.1 Å². The van der Waals surface area contributed by atoms with Crippen molar-refractivity contribution in [3.63, 3.8) is 0 Å². The number of halogens is 1. The minimum atomic E-state index is -0.297. The summed E-state index contributed by atoms with van der Waals surface area (Å²) in [5.74, 6) is 0.349. The number of H-pyrrole nitrogens is 2. The Morgan fingerprint density at radius 2 is 1.83 bits per heavy atom. The molecule has 0 unspecified atom stereocenters. The number of anilines is 2. The molecule has 11 heteroatoms. The molecule has 0 bridgehead atoms. The number of likely N-dealkylation sites (N-methyl/N-ethyl adjacent to an activating group) is 1. The van der Waals surface area contributed by atoms with Crippen LogP contribution in [0.1, 0.15) is 19.3 Å². The van der Waals surface area contributed by atoms with Gasteiger partial charge in [-0.2, -0.15) is 5.10 Å². The predicted octanol–water partition coefficient (Wildman–Crippen LogP) is 6.66. The third-order valence-corrected chi connectivity index (χ3v) is 8.68. The molecule has 0 atom stereocenters. The van der Waals surface area contributed by atoms with Crippen molar-refractivity contribution in [2.45, 2.75) is 19.3 Å². The zero-order valence-electron chi connectivity index (χ0n) is 26.7. The maximum atomic E-state index is 14.8. The molecule has 1 aliphatic heterocycles. The second kappa shape index (κ2) is 13.3. The second-order valence-corrected chi connectivity index (χ2v) is 12.5. The van der Waals surface area contributed by atoms with E-state index in [2.05, 4.69) is 58.6 Å². The number of benzene rings is 1. The van der Waals surface area contributed by atoms with Crippen molar-refractivity contribution in [3.8, 4) is 33.8 Å². The van der Waals surface area contributed by atoms with Crippen molar-refractivity contribution in [1.29, 1.82) is 0 Å². The van der Waals surface area contributed by atoms with Gasteiger partial charge in [0, 0.05) is 53.2 Å². The first-order valence-electron chi connectivity index (χ1n) is 16.0. The first-order valence-corrected chi connectivity index (χ1v) is 16.0. The zero-order valence-corrected chi connectivity index (χ0v) is 26.7. The molecule has 6 heterocycles. The molecule has 5 N–H and O–H groups in total. The normalized spacial score (nSPS) is 13.9. The largest absolute Gasteiger partial charge is 0.384 e. The van der Waals surface area contributed by atoms with Crippen LogP contribution in [0.4, 0.5) is 15.8 Å². The predicted molar refractivity (Wildman–Crippen MR) is 188 cm³/mol. The minimum absolute atomic E-state index is 0.297. The van der Waals surface area contributed by atoms with Gasteiger partial charge in [0.05, 0.1) is 35.0 Å². The first-order chi connectivity index (χ1) is 22.9. The molecule has 0 saturated carbocycles. The highest BCUT2D eigenvalue weighted by Gasteiger charge is 2.17. The Balaban J connectivity index is 1.16.